The molecule has 1 aromatic carbocycles. The van der Waals surface area contributed by atoms with Crippen LogP contribution in [0.25, 0.3) is 0 Å². The van der Waals surface area contributed by atoms with Crippen molar-refractivity contribution in [1.29, 1.82) is 0 Å². The van der Waals surface area contributed by atoms with Crippen LogP contribution in [0.4, 0.5) is 10.5 Å². The fourth-order valence-electron chi connectivity index (χ4n) is 1.64. The topological polar surface area (TPSA) is 74.7 Å². The maximum Gasteiger partial charge on any atom is 0.345 e. The summed E-state index contributed by atoms with van der Waals surface area (Å²) in [5.74, 6) is 0. The number of hydrogen-bond donors (Lipinski definition) is 1. The fraction of sp³-hybridized carbons (Fsp3) is 0.143. The normalized spacial score (nSPS) is 9.85. The van der Waals surface area contributed by atoms with E-state index in [0.29, 0.717) is 12.2 Å². The van der Waals surface area contributed by atoms with E-state index < -0.39 is 6.03 Å². The van der Waals surface area contributed by atoms with Gasteiger partial charge in [0.2, 0.25) is 0 Å². The predicted octanol–water partition coefficient (Wildman–Crippen LogP) is 2.79. The van der Waals surface area contributed by atoms with Crippen LogP contribution < -0.4 is 10.3 Å². The number of benzene rings is 1. The minimum Gasteiger partial charge on any atom is -0.332 e. The van der Waals surface area contributed by atoms with Gasteiger partial charge in [0.1, 0.15) is 0 Å². The number of carbonyl (C=O) groups excluding carboxylic acids is 1. The monoisotopic (exact) mass is 270 g/mol. The van der Waals surface area contributed by atoms with Gasteiger partial charge in [0.15, 0.2) is 0 Å². The number of aromatic nitrogens is 1. The van der Waals surface area contributed by atoms with E-state index in [1.165, 1.54) is 0 Å². The average Bonchev–Trinajstić information content (AvgIpc) is 2.49. The van der Waals surface area contributed by atoms with Crippen molar-refractivity contribution in [2.24, 2.45) is 5.29 Å². The predicted molar refractivity (Wildman–Crippen MR) is 75.9 cm³/mol. The summed E-state index contributed by atoms with van der Waals surface area (Å²) in [7, 11) is 0. The highest BCUT2D eigenvalue weighted by Crippen LogP contribution is 2.15. The average molecular weight is 270 g/mol. The van der Waals surface area contributed by atoms with Gasteiger partial charge in [-0.15, -0.1) is 9.92 Å². The summed E-state index contributed by atoms with van der Waals surface area (Å²) < 4.78 is 0. The number of pyridine rings is 1. The summed E-state index contributed by atoms with van der Waals surface area (Å²) in [6.07, 6.45) is 3.27. The van der Waals surface area contributed by atoms with E-state index in [1.807, 2.05) is 19.1 Å². The van der Waals surface area contributed by atoms with E-state index in [0.717, 1.165) is 16.1 Å². The molecule has 0 fully saturated rings. The van der Waals surface area contributed by atoms with Crippen molar-refractivity contribution >= 4 is 11.7 Å². The molecular weight excluding hydrogens is 256 g/mol. The second-order valence-electron chi connectivity index (χ2n) is 4.24. The Morgan fingerprint density at radius 1 is 1.20 bits per heavy atom. The van der Waals surface area contributed by atoms with Crippen molar-refractivity contribution in [2.75, 3.05) is 5.01 Å². The first-order valence-electron chi connectivity index (χ1n) is 6.07. The molecule has 0 aliphatic carbocycles. The third kappa shape index (κ3) is 3.38. The van der Waals surface area contributed by atoms with Crippen molar-refractivity contribution in [2.45, 2.75) is 13.5 Å². The Bertz CT molecular complexity index is 584. The Morgan fingerprint density at radius 2 is 1.85 bits per heavy atom. The molecule has 6 nitrogen and oxygen atoms in total. The summed E-state index contributed by atoms with van der Waals surface area (Å²) in [4.78, 5) is 26.7. The Labute approximate surface area is 116 Å². The highest BCUT2D eigenvalue weighted by atomic mass is 16.3. The van der Waals surface area contributed by atoms with Crippen molar-refractivity contribution in [3.63, 3.8) is 0 Å². The lowest BCUT2D eigenvalue weighted by Gasteiger charge is -2.14. The molecule has 0 radical (unpaired) electrons. The minimum absolute atomic E-state index is 0.305. The van der Waals surface area contributed by atoms with Crippen molar-refractivity contribution in [3.05, 3.63) is 64.8 Å². The molecule has 0 saturated heterocycles. The highest BCUT2D eigenvalue weighted by Gasteiger charge is 2.15. The number of urea groups is 1. The lowest BCUT2D eigenvalue weighted by atomic mass is 10.2. The molecule has 102 valence electrons. The number of rotatable bonds is 4. The molecule has 0 aliphatic rings. The molecule has 0 saturated carbocycles. The number of hydrogen-bond acceptors (Lipinski definition) is 4. The molecular formula is C14H14N4O2. The summed E-state index contributed by atoms with van der Waals surface area (Å²) >= 11 is 0. The van der Waals surface area contributed by atoms with Crippen LogP contribution >= 0.6 is 0 Å². The smallest absolute Gasteiger partial charge is 0.332 e. The summed E-state index contributed by atoms with van der Waals surface area (Å²) in [6, 6.07) is 9.95. The van der Waals surface area contributed by atoms with Crippen LogP contribution in [0.5, 0.6) is 0 Å². The molecule has 6 heteroatoms. The number of nitrogens with zero attached hydrogens (tertiary/aromatic N) is 3. The van der Waals surface area contributed by atoms with Crippen LogP contribution in [0, 0.1) is 11.8 Å². The molecule has 1 N–H and O–H groups in total. The minimum atomic E-state index is -0.569. The van der Waals surface area contributed by atoms with Crippen LogP contribution in [0.2, 0.25) is 0 Å². The molecule has 0 aliphatic heterocycles. The van der Waals surface area contributed by atoms with Crippen LogP contribution in [-0.2, 0) is 6.54 Å². The zero-order valence-electron chi connectivity index (χ0n) is 11.0. The van der Waals surface area contributed by atoms with Gasteiger partial charge >= 0.3 is 6.03 Å². The van der Waals surface area contributed by atoms with Gasteiger partial charge < -0.3 is 5.32 Å². The number of carbonyl (C=O) groups is 1. The molecule has 0 bridgehead atoms. The third-order valence-electron chi connectivity index (χ3n) is 2.75. The molecule has 1 heterocycles. The molecule has 0 spiro atoms. The molecule has 2 aromatic rings. The second kappa shape index (κ2) is 6.42. The molecule has 2 rings (SSSR count). The SMILES string of the molecule is Cc1ccc(N(N=O)C(=O)NCc2ccncc2)cc1. The maximum absolute atomic E-state index is 11.9. The Hall–Kier alpha value is -2.76. The van der Waals surface area contributed by atoms with E-state index in [-0.39, 0.29) is 0 Å². The third-order valence-corrected chi connectivity index (χ3v) is 2.75. The van der Waals surface area contributed by atoms with Gasteiger partial charge in [0.25, 0.3) is 0 Å². The number of nitrogens with one attached hydrogen (secondary N) is 1. The number of aryl methyl sites for hydroxylation is 1. The van der Waals surface area contributed by atoms with Gasteiger partial charge in [0, 0.05) is 18.9 Å². The first kappa shape index (κ1) is 13.7. The molecule has 1 aromatic heterocycles. The largest absolute Gasteiger partial charge is 0.345 e. The lowest BCUT2D eigenvalue weighted by Crippen LogP contribution is -2.35. The highest BCUT2D eigenvalue weighted by molar-refractivity contribution is 5.91. The number of nitroso groups, excluding NO2 is 1. The molecule has 0 unspecified atom stereocenters. The summed E-state index contributed by atoms with van der Waals surface area (Å²) in [5.41, 5.74) is 2.36. The van der Waals surface area contributed by atoms with Crippen molar-refractivity contribution in [1.82, 2.24) is 10.3 Å². The number of anilines is 1. The van der Waals surface area contributed by atoms with Gasteiger partial charge in [-0.2, -0.15) is 0 Å². The first-order valence-corrected chi connectivity index (χ1v) is 6.07. The van der Waals surface area contributed by atoms with E-state index >= 15 is 0 Å². The second-order valence-corrected chi connectivity index (χ2v) is 4.24. The Balaban J connectivity index is 2.02. The van der Waals surface area contributed by atoms with Gasteiger partial charge in [-0.05, 0) is 36.8 Å². The van der Waals surface area contributed by atoms with E-state index in [1.54, 1.807) is 36.7 Å². The molecule has 20 heavy (non-hydrogen) atoms. The number of amides is 2. The zero-order valence-corrected chi connectivity index (χ0v) is 11.0. The fourth-order valence-corrected chi connectivity index (χ4v) is 1.64. The Morgan fingerprint density at radius 3 is 2.45 bits per heavy atom. The van der Waals surface area contributed by atoms with E-state index in [4.69, 9.17) is 0 Å². The molecule has 2 amide bonds. The van der Waals surface area contributed by atoms with Crippen molar-refractivity contribution < 1.29 is 4.79 Å². The van der Waals surface area contributed by atoms with E-state index in [9.17, 15) is 9.70 Å². The summed E-state index contributed by atoms with van der Waals surface area (Å²) in [5, 5.41) is 6.18. The van der Waals surface area contributed by atoms with Crippen LogP contribution in [-0.4, -0.2) is 11.0 Å². The van der Waals surface area contributed by atoms with Gasteiger partial charge in [0.05, 0.1) is 11.0 Å². The van der Waals surface area contributed by atoms with Crippen molar-refractivity contribution in [3.8, 4) is 0 Å². The molecule has 0 atom stereocenters. The lowest BCUT2D eigenvalue weighted by molar-refractivity contribution is 0.246. The summed E-state index contributed by atoms with van der Waals surface area (Å²) in [6.45, 7) is 2.23. The zero-order chi connectivity index (χ0) is 14.4. The van der Waals surface area contributed by atoms with E-state index in [2.05, 4.69) is 15.6 Å². The van der Waals surface area contributed by atoms with Crippen LogP contribution in [0.3, 0.4) is 0 Å². The van der Waals surface area contributed by atoms with Crippen LogP contribution in [0.1, 0.15) is 11.1 Å². The first-order chi connectivity index (χ1) is 9.70. The van der Waals surface area contributed by atoms with Crippen LogP contribution in [0.15, 0.2) is 54.1 Å². The van der Waals surface area contributed by atoms with Gasteiger partial charge in [-0.1, -0.05) is 17.7 Å². The van der Waals surface area contributed by atoms with Gasteiger partial charge in [-0.25, -0.2) is 4.79 Å². The standard InChI is InChI=1S/C14H14N4O2/c1-11-2-4-13(5-3-11)18(17-20)14(19)16-10-12-6-8-15-9-7-12/h2-9H,10H2,1H3,(H,16,19). The van der Waals surface area contributed by atoms with Gasteiger partial charge in [-0.3, -0.25) is 4.98 Å². The Kier molecular flexibility index (Phi) is 4.39. The quantitative estimate of drug-likeness (QED) is 0.685. The maximum atomic E-state index is 11.9.